The topological polar surface area (TPSA) is 43.1 Å². The number of hydrogen-bond acceptors (Lipinski definition) is 2. The molecule has 0 aliphatic carbocycles. The minimum absolute atomic E-state index is 0.0957. The van der Waals surface area contributed by atoms with E-state index in [1.165, 1.54) is 0 Å². The maximum Gasteiger partial charge on any atom is 0.403 e. The van der Waals surface area contributed by atoms with Crippen molar-refractivity contribution in [1.82, 2.24) is 0 Å². The average Bonchev–Trinajstić information content (AvgIpc) is 2.30. The normalized spacial score (nSPS) is 12.3. The van der Waals surface area contributed by atoms with Crippen LogP contribution in [0.2, 0.25) is 0 Å². The van der Waals surface area contributed by atoms with E-state index >= 15 is 0 Å². The summed E-state index contributed by atoms with van der Waals surface area (Å²) < 4.78 is 36.0. The smallest absolute Gasteiger partial charge is 0.320 e. The third-order valence-corrected chi connectivity index (χ3v) is 2.34. The van der Waals surface area contributed by atoms with Crippen molar-refractivity contribution in [3.8, 4) is 0 Å². The van der Waals surface area contributed by atoms with E-state index in [0.717, 1.165) is 0 Å². The maximum atomic E-state index is 12.0. The SMILES string of the molecule is NC(Cc1ccccc1)C(F)(F)F.O=C(Cl)CCl. The number of alkyl halides is 4. The summed E-state index contributed by atoms with van der Waals surface area (Å²) in [5.74, 6) is -0.0957. The van der Waals surface area contributed by atoms with Crippen LogP contribution in [0.25, 0.3) is 0 Å². The Balaban J connectivity index is 0.000000494. The van der Waals surface area contributed by atoms with E-state index in [-0.39, 0.29) is 12.3 Å². The maximum absolute atomic E-state index is 12.0. The third-order valence-electron chi connectivity index (χ3n) is 1.82. The molecular formula is C11H12Cl2F3NO. The summed E-state index contributed by atoms with van der Waals surface area (Å²) >= 11 is 9.55. The van der Waals surface area contributed by atoms with E-state index in [9.17, 15) is 18.0 Å². The van der Waals surface area contributed by atoms with Crippen molar-refractivity contribution in [3.05, 3.63) is 35.9 Å². The van der Waals surface area contributed by atoms with Crippen molar-refractivity contribution in [3.63, 3.8) is 0 Å². The van der Waals surface area contributed by atoms with Gasteiger partial charge in [0.15, 0.2) is 0 Å². The lowest BCUT2D eigenvalue weighted by atomic mass is 10.1. The second kappa shape index (κ2) is 8.34. The Labute approximate surface area is 113 Å². The Morgan fingerprint density at radius 2 is 1.72 bits per heavy atom. The molecule has 0 aromatic heterocycles. The highest BCUT2D eigenvalue weighted by atomic mass is 35.5. The fourth-order valence-electron chi connectivity index (χ4n) is 0.984. The lowest BCUT2D eigenvalue weighted by molar-refractivity contribution is -0.147. The van der Waals surface area contributed by atoms with Crippen LogP contribution in [-0.4, -0.2) is 23.3 Å². The number of halogens is 5. The van der Waals surface area contributed by atoms with Gasteiger partial charge in [-0.3, -0.25) is 4.79 Å². The van der Waals surface area contributed by atoms with Gasteiger partial charge in [0.05, 0.1) is 5.88 Å². The Hall–Kier alpha value is -0.780. The number of benzene rings is 1. The molecule has 0 saturated heterocycles. The number of rotatable bonds is 3. The van der Waals surface area contributed by atoms with Crippen LogP contribution in [0.4, 0.5) is 13.2 Å². The zero-order chi connectivity index (χ0) is 14.2. The minimum Gasteiger partial charge on any atom is -0.320 e. The summed E-state index contributed by atoms with van der Waals surface area (Å²) in [5.41, 5.74) is 5.56. The molecule has 0 amide bonds. The molecule has 7 heteroatoms. The van der Waals surface area contributed by atoms with Crippen molar-refractivity contribution in [2.75, 3.05) is 5.88 Å². The standard InChI is InChI=1S/C9H10F3N.C2H2Cl2O/c10-9(11,12)8(13)6-7-4-2-1-3-5-7;3-1-2(4)5/h1-5,8H,6,13H2;1H2. The van der Waals surface area contributed by atoms with Gasteiger partial charge in [0.2, 0.25) is 5.24 Å². The second-order valence-electron chi connectivity index (χ2n) is 3.33. The zero-order valence-corrected chi connectivity index (χ0v) is 10.8. The predicted molar refractivity (Wildman–Crippen MR) is 65.8 cm³/mol. The van der Waals surface area contributed by atoms with Gasteiger partial charge in [-0.1, -0.05) is 30.3 Å². The predicted octanol–water partition coefficient (Wildman–Crippen LogP) is 3.11. The number of carbonyl (C=O) groups is 1. The van der Waals surface area contributed by atoms with E-state index in [4.69, 9.17) is 28.9 Å². The minimum atomic E-state index is -4.31. The molecule has 1 unspecified atom stereocenters. The first-order valence-corrected chi connectivity index (χ1v) is 5.79. The molecule has 2 N–H and O–H groups in total. The second-order valence-corrected chi connectivity index (χ2v) is 4.02. The quantitative estimate of drug-likeness (QED) is 0.688. The first kappa shape index (κ1) is 17.2. The van der Waals surface area contributed by atoms with E-state index < -0.39 is 17.5 Å². The van der Waals surface area contributed by atoms with Crippen LogP contribution in [0.5, 0.6) is 0 Å². The van der Waals surface area contributed by atoms with E-state index in [1.807, 2.05) is 0 Å². The van der Waals surface area contributed by atoms with Crippen molar-refractivity contribution in [2.45, 2.75) is 18.6 Å². The summed E-state index contributed by atoms with van der Waals surface area (Å²) in [4.78, 5) is 9.45. The molecule has 0 saturated carbocycles. The van der Waals surface area contributed by atoms with Crippen molar-refractivity contribution < 1.29 is 18.0 Å². The molecule has 0 bridgehead atoms. The van der Waals surface area contributed by atoms with Crippen molar-refractivity contribution in [2.24, 2.45) is 5.73 Å². The van der Waals surface area contributed by atoms with Gasteiger partial charge in [-0.25, -0.2) is 0 Å². The molecule has 1 atom stereocenters. The fourth-order valence-corrected chi connectivity index (χ4v) is 0.984. The lowest BCUT2D eigenvalue weighted by Crippen LogP contribution is -2.39. The Kier molecular flexibility index (Phi) is 7.98. The van der Waals surface area contributed by atoms with Gasteiger partial charge < -0.3 is 5.73 Å². The zero-order valence-electron chi connectivity index (χ0n) is 9.25. The highest BCUT2D eigenvalue weighted by Crippen LogP contribution is 2.21. The van der Waals surface area contributed by atoms with E-state index in [0.29, 0.717) is 5.56 Å². The molecule has 102 valence electrons. The summed E-state index contributed by atoms with van der Waals surface area (Å²) in [7, 11) is 0. The van der Waals surface area contributed by atoms with Gasteiger partial charge in [0, 0.05) is 0 Å². The third kappa shape index (κ3) is 8.33. The first-order chi connectivity index (χ1) is 8.27. The molecule has 0 spiro atoms. The van der Waals surface area contributed by atoms with Gasteiger partial charge in [-0.2, -0.15) is 13.2 Å². The van der Waals surface area contributed by atoms with Gasteiger partial charge in [0.25, 0.3) is 0 Å². The van der Waals surface area contributed by atoms with Gasteiger partial charge >= 0.3 is 6.18 Å². The summed E-state index contributed by atoms with van der Waals surface area (Å²) in [5, 5.41) is -0.508. The molecule has 0 aliphatic heterocycles. The van der Waals surface area contributed by atoms with Crippen LogP contribution < -0.4 is 5.73 Å². The molecule has 0 heterocycles. The molecule has 1 aromatic carbocycles. The summed E-state index contributed by atoms with van der Waals surface area (Å²) in [6.45, 7) is 0. The molecule has 1 aromatic rings. The van der Waals surface area contributed by atoms with Crippen molar-refractivity contribution in [1.29, 1.82) is 0 Å². The van der Waals surface area contributed by atoms with Gasteiger partial charge in [-0.05, 0) is 23.6 Å². The van der Waals surface area contributed by atoms with Crippen LogP contribution >= 0.6 is 23.2 Å². The van der Waals surface area contributed by atoms with Crippen LogP contribution in [0, 0.1) is 0 Å². The molecule has 0 aliphatic rings. The largest absolute Gasteiger partial charge is 0.403 e. The Morgan fingerprint density at radius 3 is 2.06 bits per heavy atom. The van der Waals surface area contributed by atoms with Gasteiger partial charge in [-0.15, -0.1) is 11.6 Å². The monoisotopic (exact) mass is 301 g/mol. The summed E-state index contributed by atoms with van der Waals surface area (Å²) in [6, 6.07) is 6.63. The van der Waals surface area contributed by atoms with E-state index in [2.05, 4.69) is 0 Å². The number of hydrogen-bond donors (Lipinski definition) is 1. The highest BCUT2D eigenvalue weighted by molar-refractivity contribution is 6.67. The number of carbonyl (C=O) groups excluding carboxylic acids is 1. The van der Waals surface area contributed by atoms with Gasteiger partial charge in [0.1, 0.15) is 6.04 Å². The molecule has 2 nitrogen and oxygen atoms in total. The van der Waals surface area contributed by atoms with Crippen LogP contribution in [0.1, 0.15) is 5.56 Å². The summed E-state index contributed by atoms with van der Waals surface area (Å²) in [6.07, 6.45) is -4.47. The van der Waals surface area contributed by atoms with Crippen LogP contribution in [0.3, 0.4) is 0 Å². The fraction of sp³-hybridized carbons (Fsp3) is 0.364. The molecule has 0 fully saturated rings. The number of nitrogens with two attached hydrogens (primary N) is 1. The Bertz CT molecular complexity index is 357. The lowest BCUT2D eigenvalue weighted by Gasteiger charge is -2.14. The van der Waals surface area contributed by atoms with Crippen molar-refractivity contribution >= 4 is 28.4 Å². The highest BCUT2D eigenvalue weighted by Gasteiger charge is 2.36. The first-order valence-electron chi connectivity index (χ1n) is 4.88. The molecule has 0 radical (unpaired) electrons. The van der Waals surface area contributed by atoms with E-state index in [1.54, 1.807) is 30.3 Å². The molecular weight excluding hydrogens is 290 g/mol. The molecule has 18 heavy (non-hydrogen) atoms. The van der Waals surface area contributed by atoms with Crippen LogP contribution in [-0.2, 0) is 11.2 Å². The average molecular weight is 302 g/mol. The van der Waals surface area contributed by atoms with Crippen LogP contribution in [0.15, 0.2) is 30.3 Å². The molecule has 1 rings (SSSR count). The Morgan fingerprint density at radius 1 is 1.28 bits per heavy atom.